The summed E-state index contributed by atoms with van der Waals surface area (Å²) in [6.45, 7) is 2.64. The zero-order valence-corrected chi connectivity index (χ0v) is 9.56. The Bertz CT molecular complexity index is 392. The molecule has 0 saturated heterocycles. The highest BCUT2D eigenvalue weighted by molar-refractivity contribution is 5.81. The first-order valence-corrected chi connectivity index (χ1v) is 5.47. The number of nitrogens with one attached hydrogen (secondary N) is 1. The van der Waals surface area contributed by atoms with Crippen LogP contribution in [0.15, 0.2) is 18.3 Å². The summed E-state index contributed by atoms with van der Waals surface area (Å²) in [6.07, 6.45) is 2.70. The summed E-state index contributed by atoms with van der Waals surface area (Å²) in [5.74, 6) is 1.51. The van der Waals surface area contributed by atoms with E-state index in [2.05, 4.69) is 17.2 Å². The highest BCUT2D eigenvalue weighted by Gasteiger charge is 2.38. The van der Waals surface area contributed by atoms with Crippen LogP contribution in [0.4, 0.5) is 0 Å². The van der Waals surface area contributed by atoms with Gasteiger partial charge in [-0.1, -0.05) is 6.92 Å². The maximum Gasteiger partial charge on any atom is 0.223 e. The molecule has 4 heteroatoms. The van der Waals surface area contributed by atoms with Crippen LogP contribution in [0.2, 0.25) is 0 Å². The Labute approximate surface area is 95.0 Å². The molecule has 1 saturated carbocycles. The van der Waals surface area contributed by atoms with Crippen LogP contribution in [0.5, 0.6) is 5.88 Å². The number of pyridine rings is 1. The van der Waals surface area contributed by atoms with E-state index in [1.165, 1.54) is 0 Å². The van der Waals surface area contributed by atoms with Crippen LogP contribution in [0.3, 0.4) is 0 Å². The molecule has 1 N–H and O–H groups in total. The standard InChI is InChI=1S/C12H16N2O2/c1-8-5-10(8)12(15)14-7-9-3-4-13-11(6-9)16-2/h3-4,6,8,10H,5,7H2,1-2H3,(H,14,15)/t8-,10-/m0/s1. The van der Waals surface area contributed by atoms with E-state index in [0.717, 1.165) is 12.0 Å². The second-order valence-corrected chi connectivity index (χ2v) is 4.24. The van der Waals surface area contributed by atoms with Gasteiger partial charge >= 0.3 is 0 Å². The number of carbonyl (C=O) groups excluding carboxylic acids is 1. The normalized spacial score (nSPS) is 22.6. The molecule has 0 aliphatic heterocycles. The topological polar surface area (TPSA) is 51.2 Å². The minimum absolute atomic E-state index is 0.156. The minimum Gasteiger partial charge on any atom is -0.481 e. The summed E-state index contributed by atoms with van der Waals surface area (Å²) < 4.78 is 5.01. The van der Waals surface area contributed by atoms with Gasteiger partial charge in [0.25, 0.3) is 0 Å². The maximum absolute atomic E-state index is 11.6. The molecule has 1 aromatic rings. The van der Waals surface area contributed by atoms with Crippen LogP contribution >= 0.6 is 0 Å². The lowest BCUT2D eigenvalue weighted by Gasteiger charge is -2.05. The number of amides is 1. The smallest absolute Gasteiger partial charge is 0.223 e. The highest BCUT2D eigenvalue weighted by atomic mass is 16.5. The molecule has 0 bridgehead atoms. The van der Waals surface area contributed by atoms with Gasteiger partial charge in [-0.2, -0.15) is 0 Å². The Morgan fingerprint density at radius 2 is 2.44 bits per heavy atom. The predicted molar refractivity (Wildman–Crippen MR) is 59.9 cm³/mol. The first-order valence-electron chi connectivity index (χ1n) is 5.47. The third kappa shape index (κ3) is 2.51. The van der Waals surface area contributed by atoms with Gasteiger partial charge in [0.05, 0.1) is 7.11 Å². The summed E-state index contributed by atoms with van der Waals surface area (Å²) >= 11 is 0. The second kappa shape index (κ2) is 4.51. The number of hydrogen-bond acceptors (Lipinski definition) is 3. The summed E-state index contributed by atoms with van der Waals surface area (Å²) in [4.78, 5) is 15.6. The summed E-state index contributed by atoms with van der Waals surface area (Å²) in [7, 11) is 1.58. The van der Waals surface area contributed by atoms with Crippen molar-refractivity contribution < 1.29 is 9.53 Å². The number of nitrogens with zero attached hydrogens (tertiary/aromatic N) is 1. The van der Waals surface area contributed by atoms with Crippen LogP contribution in [0, 0.1) is 11.8 Å². The molecule has 0 unspecified atom stereocenters. The summed E-state index contributed by atoms with van der Waals surface area (Å²) in [6, 6.07) is 3.70. The number of rotatable bonds is 4. The molecule has 0 spiro atoms. The molecule has 1 aliphatic rings. The van der Waals surface area contributed by atoms with Gasteiger partial charge in [-0.25, -0.2) is 4.98 Å². The number of hydrogen-bond donors (Lipinski definition) is 1. The Kier molecular flexibility index (Phi) is 3.08. The Balaban J connectivity index is 1.86. The molecule has 86 valence electrons. The predicted octanol–water partition coefficient (Wildman–Crippen LogP) is 1.36. The lowest BCUT2D eigenvalue weighted by atomic mass is 10.2. The zero-order valence-electron chi connectivity index (χ0n) is 9.56. The lowest BCUT2D eigenvalue weighted by molar-refractivity contribution is -0.122. The van der Waals surface area contributed by atoms with Crippen LogP contribution < -0.4 is 10.1 Å². The van der Waals surface area contributed by atoms with E-state index in [0.29, 0.717) is 18.3 Å². The molecule has 1 fully saturated rings. The van der Waals surface area contributed by atoms with Crippen LogP contribution in [0.1, 0.15) is 18.9 Å². The number of ether oxygens (including phenoxy) is 1. The largest absolute Gasteiger partial charge is 0.481 e. The van der Waals surface area contributed by atoms with Gasteiger partial charge in [-0.3, -0.25) is 4.79 Å². The number of carbonyl (C=O) groups is 1. The van der Waals surface area contributed by atoms with E-state index in [1.54, 1.807) is 13.3 Å². The molecule has 2 atom stereocenters. The maximum atomic E-state index is 11.6. The van der Waals surface area contributed by atoms with E-state index in [4.69, 9.17) is 4.74 Å². The van der Waals surface area contributed by atoms with Crippen molar-refractivity contribution in [2.75, 3.05) is 7.11 Å². The van der Waals surface area contributed by atoms with Crippen molar-refractivity contribution in [3.63, 3.8) is 0 Å². The Morgan fingerprint density at radius 3 is 3.06 bits per heavy atom. The fourth-order valence-corrected chi connectivity index (χ4v) is 1.68. The average Bonchev–Trinajstić information content (AvgIpc) is 3.04. The van der Waals surface area contributed by atoms with Crippen molar-refractivity contribution in [2.24, 2.45) is 11.8 Å². The third-order valence-electron chi connectivity index (χ3n) is 2.92. The summed E-state index contributed by atoms with van der Waals surface area (Å²) in [5.41, 5.74) is 1.01. The number of aromatic nitrogens is 1. The van der Waals surface area contributed by atoms with Crippen LogP contribution in [0.25, 0.3) is 0 Å². The molecule has 16 heavy (non-hydrogen) atoms. The van der Waals surface area contributed by atoms with Gasteiger partial charge in [-0.05, 0) is 24.0 Å². The van der Waals surface area contributed by atoms with E-state index >= 15 is 0 Å². The van der Waals surface area contributed by atoms with E-state index < -0.39 is 0 Å². The van der Waals surface area contributed by atoms with Gasteiger partial charge in [0.2, 0.25) is 11.8 Å². The van der Waals surface area contributed by atoms with Crippen LogP contribution in [-0.4, -0.2) is 18.0 Å². The van der Waals surface area contributed by atoms with Crippen molar-refractivity contribution in [1.82, 2.24) is 10.3 Å². The average molecular weight is 220 g/mol. The van der Waals surface area contributed by atoms with E-state index in [-0.39, 0.29) is 11.8 Å². The summed E-state index contributed by atoms with van der Waals surface area (Å²) in [5, 5.41) is 2.92. The van der Waals surface area contributed by atoms with E-state index in [9.17, 15) is 4.79 Å². The van der Waals surface area contributed by atoms with Gasteiger partial charge < -0.3 is 10.1 Å². The van der Waals surface area contributed by atoms with Crippen molar-refractivity contribution >= 4 is 5.91 Å². The number of methoxy groups -OCH3 is 1. The van der Waals surface area contributed by atoms with Crippen molar-refractivity contribution in [3.8, 4) is 5.88 Å². The molecule has 1 aliphatic carbocycles. The van der Waals surface area contributed by atoms with E-state index in [1.807, 2.05) is 12.1 Å². The molecule has 1 aromatic heterocycles. The fourth-order valence-electron chi connectivity index (χ4n) is 1.68. The quantitative estimate of drug-likeness (QED) is 0.833. The Hall–Kier alpha value is -1.58. The molecule has 2 rings (SSSR count). The zero-order chi connectivity index (χ0) is 11.5. The van der Waals surface area contributed by atoms with Crippen molar-refractivity contribution in [1.29, 1.82) is 0 Å². The molecular formula is C12H16N2O2. The molecule has 1 amide bonds. The Morgan fingerprint density at radius 1 is 1.69 bits per heavy atom. The first-order chi connectivity index (χ1) is 7.70. The molecule has 1 heterocycles. The van der Waals surface area contributed by atoms with Crippen molar-refractivity contribution in [3.05, 3.63) is 23.9 Å². The van der Waals surface area contributed by atoms with Gasteiger partial charge in [-0.15, -0.1) is 0 Å². The molecule has 0 aromatic carbocycles. The minimum atomic E-state index is 0.156. The molecule has 0 radical (unpaired) electrons. The second-order valence-electron chi connectivity index (χ2n) is 4.24. The van der Waals surface area contributed by atoms with Crippen molar-refractivity contribution in [2.45, 2.75) is 19.9 Å². The molecule has 4 nitrogen and oxygen atoms in total. The third-order valence-corrected chi connectivity index (χ3v) is 2.92. The molecular weight excluding hydrogens is 204 g/mol. The SMILES string of the molecule is COc1cc(CNC(=O)[C@H]2C[C@@H]2C)ccn1. The van der Waals surface area contributed by atoms with Gasteiger partial charge in [0.1, 0.15) is 0 Å². The van der Waals surface area contributed by atoms with Gasteiger partial charge in [0, 0.05) is 24.7 Å². The highest BCUT2D eigenvalue weighted by Crippen LogP contribution is 2.37. The van der Waals surface area contributed by atoms with Gasteiger partial charge in [0.15, 0.2) is 0 Å². The first kappa shape index (κ1) is 10.9. The fraction of sp³-hybridized carbons (Fsp3) is 0.500. The monoisotopic (exact) mass is 220 g/mol. The van der Waals surface area contributed by atoms with Crippen LogP contribution in [-0.2, 0) is 11.3 Å². The lowest BCUT2D eigenvalue weighted by Crippen LogP contribution is -2.24.